The van der Waals surface area contributed by atoms with Crippen molar-refractivity contribution in [1.29, 1.82) is 0 Å². The number of aryl methyl sites for hydroxylation is 1. The number of carbonyl (C=O) groups excluding carboxylic acids is 1. The Bertz CT molecular complexity index is 845. The maximum absolute atomic E-state index is 11.8. The molecule has 118 valence electrons. The van der Waals surface area contributed by atoms with Gasteiger partial charge in [-0.25, -0.2) is 4.98 Å². The summed E-state index contributed by atoms with van der Waals surface area (Å²) < 4.78 is 1.76. The van der Waals surface area contributed by atoms with E-state index in [4.69, 9.17) is 5.73 Å². The van der Waals surface area contributed by atoms with E-state index in [0.717, 1.165) is 34.2 Å². The molecule has 1 saturated carbocycles. The number of carbonyl (C=O) groups is 1. The molecule has 3 aromatic heterocycles. The second-order valence-electron chi connectivity index (χ2n) is 5.60. The van der Waals surface area contributed by atoms with Gasteiger partial charge in [-0.1, -0.05) is 11.3 Å². The molecular formula is C15H16N6OS. The summed E-state index contributed by atoms with van der Waals surface area (Å²) in [5.41, 5.74) is 7.67. The predicted molar refractivity (Wildman–Crippen MR) is 88.8 cm³/mol. The monoisotopic (exact) mass is 328 g/mol. The van der Waals surface area contributed by atoms with E-state index in [1.165, 1.54) is 11.3 Å². The van der Waals surface area contributed by atoms with Crippen molar-refractivity contribution in [2.75, 3.05) is 4.90 Å². The Hall–Kier alpha value is -2.61. The smallest absolute Gasteiger partial charge is 0.268 e. The van der Waals surface area contributed by atoms with E-state index in [-0.39, 0.29) is 0 Å². The summed E-state index contributed by atoms with van der Waals surface area (Å²) in [6.45, 7) is 0. The van der Waals surface area contributed by atoms with E-state index in [0.29, 0.717) is 11.7 Å². The maximum atomic E-state index is 11.8. The molecule has 0 spiro atoms. The fourth-order valence-electron chi connectivity index (χ4n) is 2.58. The van der Waals surface area contributed by atoms with Crippen molar-refractivity contribution in [2.24, 2.45) is 12.8 Å². The summed E-state index contributed by atoms with van der Waals surface area (Å²) in [5, 5.41) is 5.02. The lowest BCUT2D eigenvalue weighted by atomic mass is 10.3. The number of aromatic amines is 1. The van der Waals surface area contributed by atoms with E-state index >= 15 is 0 Å². The Labute approximate surface area is 136 Å². The summed E-state index contributed by atoms with van der Waals surface area (Å²) in [7, 11) is 1.88. The highest BCUT2D eigenvalue weighted by molar-refractivity contribution is 7.19. The zero-order valence-electron chi connectivity index (χ0n) is 12.6. The van der Waals surface area contributed by atoms with Gasteiger partial charge in [0.25, 0.3) is 5.91 Å². The molecule has 0 unspecified atom stereocenters. The molecular weight excluding hydrogens is 312 g/mol. The van der Waals surface area contributed by atoms with E-state index in [1.807, 2.05) is 37.8 Å². The number of hydrogen-bond donors (Lipinski definition) is 2. The fourth-order valence-corrected chi connectivity index (χ4v) is 3.73. The summed E-state index contributed by atoms with van der Waals surface area (Å²) in [5.74, 6) is -0.515. The first kappa shape index (κ1) is 14.0. The van der Waals surface area contributed by atoms with Gasteiger partial charge in [0, 0.05) is 25.5 Å². The highest BCUT2D eigenvalue weighted by Gasteiger charge is 2.34. The minimum atomic E-state index is -0.515. The van der Waals surface area contributed by atoms with E-state index in [1.54, 1.807) is 4.68 Å². The van der Waals surface area contributed by atoms with Crippen molar-refractivity contribution >= 4 is 28.1 Å². The number of primary amides is 1. The molecule has 0 aliphatic heterocycles. The minimum Gasteiger partial charge on any atom is -0.364 e. The van der Waals surface area contributed by atoms with Crippen LogP contribution in [0.1, 0.15) is 23.3 Å². The van der Waals surface area contributed by atoms with Crippen LogP contribution in [0.4, 0.5) is 10.8 Å². The van der Waals surface area contributed by atoms with Crippen molar-refractivity contribution in [3.05, 3.63) is 36.4 Å². The van der Waals surface area contributed by atoms with Crippen LogP contribution >= 0.6 is 11.3 Å². The Morgan fingerprint density at radius 3 is 2.91 bits per heavy atom. The Morgan fingerprint density at radius 1 is 1.52 bits per heavy atom. The number of nitrogens with two attached hydrogens (primary N) is 1. The lowest BCUT2D eigenvalue weighted by Gasteiger charge is -2.19. The molecule has 1 aliphatic carbocycles. The molecule has 1 amide bonds. The standard InChI is InChI=1S/C15H16N6OS/c1-20-8-10(7-18-20)21(9-4-5-9)15-19-12(14(16)22)13(23-15)11-3-2-6-17-11/h2-3,6-9,17H,4-5H2,1H3,(H2,16,22). The number of hydrogen-bond acceptors (Lipinski definition) is 5. The third kappa shape index (κ3) is 2.50. The molecule has 0 aromatic carbocycles. The van der Waals surface area contributed by atoms with Crippen LogP contribution in [0.25, 0.3) is 10.6 Å². The van der Waals surface area contributed by atoms with Crippen molar-refractivity contribution in [3.63, 3.8) is 0 Å². The molecule has 4 rings (SSSR count). The largest absolute Gasteiger partial charge is 0.364 e. The average Bonchev–Trinajstić information content (AvgIpc) is 2.95. The number of H-pyrrole nitrogens is 1. The molecule has 3 N–H and O–H groups in total. The van der Waals surface area contributed by atoms with Gasteiger partial charge in [0.15, 0.2) is 10.8 Å². The van der Waals surface area contributed by atoms with Crippen LogP contribution in [-0.4, -0.2) is 31.7 Å². The molecule has 7 nitrogen and oxygen atoms in total. The third-order valence-corrected chi connectivity index (χ3v) is 4.87. The van der Waals surface area contributed by atoms with E-state index in [9.17, 15) is 4.79 Å². The predicted octanol–water partition coefficient (Wildman–Crippen LogP) is 2.27. The van der Waals surface area contributed by atoms with Gasteiger partial charge in [-0.05, 0) is 25.0 Å². The van der Waals surface area contributed by atoms with Crippen LogP contribution in [0.5, 0.6) is 0 Å². The van der Waals surface area contributed by atoms with Crippen molar-refractivity contribution < 1.29 is 4.79 Å². The number of nitrogens with zero attached hydrogens (tertiary/aromatic N) is 4. The Morgan fingerprint density at radius 2 is 2.35 bits per heavy atom. The molecule has 0 atom stereocenters. The second-order valence-corrected chi connectivity index (χ2v) is 6.57. The van der Waals surface area contributed by atoms with Gasteiger partial charge < -0.3 is 15.6 Å². The highest BCUT2D eigenvalue weighted by Crippen LogP contribution is 2.42. The first-order valence-electron chi connectivity index (χ1n) is 7.36. The topological polar surface area (TPSA) is 92.8 Å². The number of amides is 1. The second kappa shape index (κ2) is 5.24. The van der Waals surface area contributed by atoms with Crippen LogP contribution in [0.3, 0.4) is 0 Å². The SMILES string of the molecule is Cn1cc(N(c2nc(C(N)=O)c(-c3ccc[nH]3)s2)C2CC2)cn1. The van der Waals surface area contributed by atoms with Gasteiger partial charge in [-0.3, -0.25) is 9.48 Å². The average molecular weight is 328 g/mol. The van der Waals surface area contributed by atoms with Crippen molar-refractivity contribution in [1.82, 2.24) is 19.7 Å². The van der Waals surface area contributed by atoms with Gasteiger partial charge in [0.2, 0.25) is 0 Å². The first-order chi connectivity index (χ1) is 11.1. The maximum Gasteiger partial charge on any atom is 0.268 e. The quantitative estimate of drug-likeness (QED) is 0.751. The fraction of sp³-hybridized carbons (Fsp3) is 0.267. The summed E-state index contributed by atoms with van der Waals surface area (Å²) in [4.78, 5) is 22.4. The van der Waals surface area contributed by atoms with Gasteiger partial charge in [-0.2, -0.15) is 5.10 Å². The summed E-state index contributed by atoms with van der Waals surface area (Å²) in [6, 6.07) is 4.21. The molecule has 0 radical (unpaired) electrons. The molecule has 0 bridgehead atoms. The molecule has 3 aromatic rings. The lowest BCUT2D eigenvalue weighted by molar-refractivity contribution is 0.0997. The van der Waals surface area contributed by atoms with Crippen molar-refractivity contribution in [2.45, 2.75) is 18.9 Å². The Balaban J connectivity index is 1.81. The van der Waals surface area contributed by atoms with Gasteiger partial charge in [0.1, 0.15) is 0 Å². The number of anilines is 2. The van der Waals surface area contributed by atoms with Crippen molar-refractivity contribution in [3.8, 4) is 10.6 Å². The lowest BCUT2D eigenvalue weighted by Crippen LogP contribution is -2.19. The van der Waals surface area contributed by atoms with E-state index in [2.05, 4.69) is 20.0 Å². The molecule has 0 saturated heterocycles. The minimum absolute atomic E-state index is 0.307. The number of nitrogens with one attached hydrogen (secondary N) is 1. The normalized spacial score (nSPS) is 14.1. The molecule has 8 heteroatoms. The summed E-state index contributed by atoms with van der Waals surface area (Å²) in [6.07, 6.45) is 7.81. The molecule has 1 fully saturated rings. The van der Waals surface area contributed by atoms with Crippen LogP contribution in [0, 0.1) is 0 Å². The molecule has 23 heavy (non-hydrogen) atoms. The number of rotatable bonds is 5. The van der Waals surface area contributed by atoms with Gasteiger partial charge in [0.05, 0.1) is 22.5 Å². The number of thiazole rings is 1. The first-order valence-corrected chi connectivity index (χ1v) is 8.17. The van der Waals surface area contributed by atoms with E-state index < -0.39 is 5.91 Å². The third-order valence-electron chi connectivity index (χ3n) is 3.78. The van der Waals surface area contributed by atoms with Gasteiger partial charge in [-0.15, -0.1) is 0 Å². The van der Waals surface area contributed by atoms with Crippen LogP contribution in [-0.2, 0) is 7.05 Å². The summed E-state index contributed by atoms with van der Waals surface area (Å²) >= 11 is 1.47. The molecule has 1 aliphatic rings. The zero-order valence-corrected chi connectivity index (χ0v) is 13.4. The van der Waals surface area contributed by atoms with Crippen LogP contribution < -0.4 is 10.6 Å². The Kier molecular flexibility index (Phi) is 3.19. The zero-order chi connectivity index (χ0) is 16.0. The van der Waals surface area contributed by atoms with Gasteiger partial charge >= 0.3 is 0 Å². The highest BCUT2D eigenvalue weighted by atomic mass is 32.1. The van der Waals surface area contributed by atoms with Crippen LogP contribution in [0.15, 0.2) is 30.7 Å². The molecule has 3 heterocycles. The number of aromatic nitrogens is 4. The van der Waals surface area contributed by atoms with Crippen LogP contribution in [0.2, 0.25) is 0 Å².